The van der Waals surface area contributed by atoms with Crippen molar-refractivity contribution in [2.24, 2.45) is 5.73 Å². The largest absolute Gasteiger partial charge is 0.387 e. The lowest BCUT2D eigenvalue weighted by atomic mass is 10.5. The monoisotopic (exact) mass is 131 g/mol. The molecular formula is C5H13N3O. The average Bonchev–Trinajstić information content (AvgIpc) is 1.80. The van der Waals surface area contributed by atoms with Crippen molar-refractivity contribution in [3.8, 4) is 0 Å². The summed E-state index contributed by atoms with van der Waals surface area (Å²) >= 11 is 0. The van der Waals surface area contributed by atoms with Crippen LogP contribution in [0.25, 0.3) is 0 Å². The van der Waals surface area contributed by atoms with E-state index in [1.165, 1.54) is 0 Å². The van der Waals surface area contributed by atoms with E-state index in [0.29, 0.717) is 13.2 Å². The molecule has 0 bridgehead atoms. The van der Waals surface area contributed by atoms with E-state index in [1.807, 2.05) is 0 Å². The Hall–Kier alpha value is -0.610. The summed E-state index contributed by atoms with van der Waals surface area (Å²) in [6.45, 7) is 1.85. The van der Waals surface area contributed by atoms with Crippen LogP contribution in [-0.4, -0.2) is 32.6 Å². The quantitative estimate of drug-likeness (QED) is 0.259. The molecule has 0 atom stereocenters. The van der Waals surface area contributed by atoms with Gasteiger partial charge in [-0.25, -0.2) is 0 Å². The van der Waals surface area contributed by atoms with Crippen LogP contribution < -0.4 is 11.1 Å². The maximum absolute atomic E-state index is 6.80. The van der Waals surface area contributed by atoms with Crippen molar-refractivity contribution < 1.29 is 4.74 Å². The van der Waals surface area contributed by atoms with E-state index < -0.39 is 0 Å². The van der Waals surface area contributed by atoms with Gasteiger partial charge in [-0.15, -0.1) is 0 Å². The minimum absolute atomic E-state index is 0.158. The van der Waals surface area contributed by atoms with Gasteiger partial charge >= 0.3 is 0 Å². The van der Waals surface area contributed by atoms with E-state index in [9.17, 15) is 0 Å². The first-order valence-corrected chi connectivity index (χ1v) is 2.80. The van der Waals surface area contributed by atoms with Gasteiger partial charge in [-0.2, -0.15) is 0 Å². The Bertz CT molecular complexity index is 84.3. The molecule has 0 aliphatic rings. The Kier molecular flexibility index (Phi) is 5.15. The zero-order valence-electron chi connectivity index (χ0n) is 5.61. The lowest BCUT2D eigenvalue weighted by molar-refractivity contribution is 0.201. The molecule has 54 valence electrons. The molecule has 0 aliphatic carbocycles. The van der Waals surface area contributed by atoms with Crippen molar-refractivity contribution in [2.45, 2.75) is 0 Å². The minimum atomic E-state index is 0.158. The zero-order chi connectivity index (χ0) is 7.11. The predicted molar refractivity (Wildman–Crippen MR) is 36.7 cm³/mol. The summed E-state index contributed by atoms with van der Waals surface area (Å²) in [7, 11) is 1.63. The standard InChI is InChI=1S/C5H13N3O/c1-9-3-2-8-4-5(6)7/h8H,2-4H2,1H3,(H3,6,7). The first-order valence-electron chi connectivity index (χ1n) is 2.80. The predicted octanol–water partition coefficient (Wildman–Crippen LogP) is -0.842. The van der Waals surface area contributed by atoms with Crippen molar-refractivity contribution in [1.82, 2.24) is 5.32 Å². The number of nitrogens with one attached hydrogen (secondary N) is 2. The minimum Gasteiger partial charge on any atom is -0.387 e. The molecule has 0 saturated carbocycles. The first-order chi connectivity index (χ1) is 4.27. The Morgan fingerprint density at radius 3 is 2.89 bits per heavy atom. The summed E-state index contributed by atoms with van der Waals surface area (Å²) in [5.74, 6) is 0.158. The third-order valence-corrected chi connectivity index (χ3v) is 0.798. The second kappa shape index (κ2) is 5.53. The lowest BCUT2D eigenvalue weighted by Gasteiger charge is -2.00. The zero-order valence-corrected chi connectivity index (χ0v) is 5.61. The van der Waals surface area contributed by atoms with Crippen LogP contribution in [-0.2, 0) is 4.74 Å². The normalized spacial score (nSPS) is 9.44. The third kappa shape index (κ3) is 7.39. The molecular weight excluding hydrogens is 118 g/mol. The number of amidine groups is 1. The van der Waals surface area contributed by atoms with Gasteiger partial charge in [0.15, 0.2) is 0 Å². The van der Waals surface area contributed by atoms with Crippen LogP contribution in [0.5, 0.6) is 0 Å². The first kappa shape index (κ1) is 8.39. The Labute approximate surface area is 54.9 Å². The van der Waals surface area contributed by atoms with E-state index in [4.69, 9.17) is 15.9 Å². The number of hydrogen-bond donors (Lipinski definition) is 3. The molecule has 0 fully saturated rings. The van der Waals surface area contributed by atoms with Crippen LogP contribution in [0.1, 0.15) is 0 Å². The third-order valence-electron chi connectivity index (χ3n) is 0.798. The maximum Gasteiger partial charge on any atom is 0.105 e. The fourth-order valence-electron chi connectivity index (χ4n) is 0.397. The summed E-state index contributed by atoms with van der Waals surface area (Å²) in [5.41, 5.74) is 5.05. The van der Waals surface area contributed by atoms with Crippen LogP contribution in [0.4, 0.5) is 0 Å². The highest BCUT2D eigenvalue weighted by Gasteiger charge is 1.86. The van der Waals surface area contributed by atoms with Crippen molar-refractivity contribution in [3.05, 3.63) is 0 Å². The molecule has 0 spiro atoms. The molecule has 0 rings (SSSR count). The van der Waals surface area contributed by atoms with Gasteiger partial charge in [0.1, 0.15) is 5.84 Å². The molecule has 4 N–H and O–H groups in total. The Morgan fingerprint density at radius 2 is 2.44 bits per heavy atom. The van der Waals surface area contributed by atoms with Gasteiger partial charge < -0.3 is 15.8 Å². The molecule has 9 heavy (non-hydrogen) atoms. The summed E-state index contributed by atoms with van der Waals surface area (Å²) < 4.78 is 4.75. The summed E-state index contributed by atoms with van der Waals surface area (Å²) in [6, 6.07) is 0. The molecule has 0 unspecified atom stereocenters. The summed E-state index contributed by atoms with van der Waals surface area (Å²) in [6.07, 6.45) is 0. The van der Waals surface area contributed by atoms with Crippen LogP contribution in [0.15, 0.2) is 0 Å². The number of rotatable bonds is 5. The summed E-state index contributed by atoms with van der Waals surface area (Å²) in [4.78, 5) is 0. The van der Waals surface area contributed by atoms with E-state index in [-0.39, 0.29) is 5.84 Å². The SMILES string of the molecule is COCCNCC(=N)N. The Morgan fingerprint density at radius 1 is 1.78 bits per heavy atom. The number of ether oxygens (including phenoxy) is 1. The van der Waals surface area contributed by atoms with Crippen molar-refractivity contribution >= 4 is 5.84 Å². The van der Waals surface area contributed by atoms with Crippen molar-refractivity contribution in [1.29, 1.82) is 5.41 Å². The number of nitrogens with two attached hydrogens (primary N) is 1. The topological polar surface area (TPSA) is 71.1 Å². The Balaban J connectivity index is 2.83. The second-order valence-electron chi connectivity index (χ2n) is 1.69. The van der Waals surface area contributed by atoms with E-state index in [1.54, 1.807) is 7.11 Å². The second-order valence-corrected chi connectivity index (χ2v) is 1.69. The smallest absolute Gasteiger partial charge is 0.105 e. The fraction of sp³-hybridized carbons (Fsp3) is 0.800. The van der Waals surface area contributed by atoms with Gasteiger partial charge in [0.25, 0.3) is 0 Å². The molecule has 0 aromatic heterocycles. The lowest BCUT2D eigenvalue weighted by Crippen LogP contribution is -2.30. The van der Waals surface area contributed by atoms with Gasteiger partial charge in [0.05, 0.1) is 13.2 Å². The number of methoxy groups -OCH3 is 1. The fourth-order valence-corrected chi connectivity index (χ4v) is 0.397. The molecule has 0 amide bonds. The number of hydrogen-bond acceptors (Lipinski definition) is 3. The van der Waals surface area contributed by atoms with Gasteiger partial charge in [0.2, 0.25) is 0 Å². The summed E-state index contributed by atoms with van der Waals surface area (Å²) in [5, 5.41) is 9.72. The van der Waals surface area contributed by atoms with Crippen molar-refractivity contribution in [2.75, 3.05) is 26.8 Å². The van der Waals surface area contributed by atoms with Crippen LogP contribution in [0, 0.1) is 5.41 Å². The molecule has 4 heteroatoms. The van der Waals surface area contributed by atoms with Gasteiger partial charge in [-0.1, -0.05) is 0 Å². The van der Waals surface area contributed by atoms with Gasteiger partial charge in [-0.3, -0.25) is 5.41 Å². The molecule has 0 aromatic rings. The highest BCUT2D eigenvalue weighted by atomic mass is 16.5. The van der Waals surface area contributed by atoms with E-state index in [0.717, 1.165) is 6.54 Å². The average molecular weight is 131 g/mol. The molecule has 0 heterocycles. The van der Waals surface area contributed by atoms with Gasteiger partial charge in [0, 0.05) is 13.7 Å². The molecule has 0 aromatic carbocycles. The highest BCUT2D eigenvalue weighted by Crippen LogP contribution is 1.62. The van der Waals surface area contributed by atoms with Crippen LogP contribution >= 0.6 is 0 Å². The maximum atomic E-state index is 6.80. The molecule has 0 radical (unpaired) electrons. The highest BCUT2D eigenvalue weighted by molar-refractivity contribution is 5.78. The van der Waals surface area contributed by atoms with Crippen LogP contribution in [0.2, 0.25) is 0 Å². The van der Waals surface area contributed by atoms with Crippen molar-refractivity contribution in [3.63, 3.8) is 0 Å². The van der Waals surface area contributed by atoms with Crippen LogP contribution in [0.3, 0.4) is 0 Å². The van der Waals surface area contributed by atoms with Gasteiger partial charge in [-0.05, 0) is 0 Å². The molecule has 0 aliphatic heterocycles. The van der Waals surface area contributed by atoms with E-state index >= 15 is 0 Å². The molecule has 4 nitrogen and oxygen atoms in total. The van der Waals surface area contributed by atoms with E-state index in [2.05, 4.69) is 5.32 Å². The molecule has 0 saturated heterocycles.